The second-order valence-electron chi connectivity index (χ2n) is 5.38. The van der Waals surface area contributed by atoms with Crippen LogP contribution in [0.3, 0.4) is 0 Å². The number of carbonyl (C=O) groups excluding carboxylic acids is 1. The van der Waals surface area contributed by atoms with E-state index in [9.17, 15) is 9.59 Å². The Morgan fingerprint density at radius 3 is 3.09 bits per heavy atom. The van der Waals surface area contributed by atoms with Crippen LogP contribution in [-0.2, 0) is 25.5 Å². The molecule has 0 spiro atoms. The number of hydrogen-bond donors (Lipinski definition) is 1. The Bertz CT molecular complexity index is 548. The predicted molar refractivity (Wildman–Crippen MR) is 84.4 cm³/mol. The number of carboxylic acids is 1. The van der Waals surface area contributed by atoms with Crippen LogP contribution in [0.1, 0.15) is 37.1 Å². The molecule has 1 aliphatic rings. The molecule has 2 atom stereocenters. The standard InChI is InChI=1S/C15H22N2O5S/c1-3-21-10(2)15-16-11(9-23-15)6-13(18)17-4-5-22-12(8-17)7-14(19)20/h9-10,12H,3-8H2,1-2H3,(H,19,20)/t10-,12+/m1/s1. The number of hydrogen-bond acceptors (Lipinski definition) is 6. The van der Waals surface area contributed by atoms with E-state index in [4.69, 9.17) is 14.6 Å². The van der Waals surface area contributed by atoms with E-state index in [1.807, 2.05) is 19.2 Å². The summed E-state index contributed by atoms with van der Waals surface area (Å²) in [5.74, 6) is -0.969. The molecule has 128 valence electrons. The third-order valence-corrected chi connectivity index (χ3v) is 4.61. The van der Waals surface area contributed by atoms with Crippen molar-refractivity contribution >= 4 is 23.2 Å². The third kappa shape index (κ3) is 5.26. The van der Waals surface area contributed by atoms with Crippen molar-refractivity contribution in [2.24, 2.45) is 0 Å². The minimum atomic E-state index is -0.918. The number of amides is 1. The molecule has 0 aliphatic carbocycles. The molecule has 1 N–H and O–H groups in total. The van der Waals surface area contributed by atoms with Crippen LogP contribution in [0.4, 0.5) is 0 Å². The highest BCUT2D eigenvalue weighted by atomic mass is 32.1. The van der Waals surface area contributed by atoms with Gasteiger partial charge in [-0.15, -0.1) is 11.3 Å². The van der Waals surface area contributed by atoms with Gasteiger partial charge in [-0.05, 0) is 13.8 Å². The Labute approximate surface area is 139 Å². The lowest BCUT2D eigenvalue weighted by atomic mass is 10.2. The Balaban J connectivity index is 1.89. The van der Waals surface area contributed by atoms with Crippen LogP contribution in [0.2, 0.25) is 0 Å². The Morgan fingerprint density at radius 1 is 1.61 bits per heavy atom. The minimum Gasteiger partial charge on any atom is -0.481 e. The Morgan fingerprint density at radius 2 is 2.39 bits per heavy atom. The summed E-state index contributed by atoms with van der Waals surface area (Å²) in [6.45, 7) is 5.66. The van der Waals surface area contributed by atoms with Crippen LogP contribution in [0.15, 0.2) is 5.38 Å². The number of aliphatic carboxylic acids is 1. The lowest BCUT2D eigenvalue weighted by Gasteiger charge is -2.32. The van der Waals surface area contributed by atoms with Crippen LogP contribution < -0.4 is 0 Å². The van der Waals surface area contributed by atoms with Gasteiger partial charge < -0.3 is 19.5 Å². The zero-order chi connectivity index (χ0) is 16.8. The molecule has 1 aromatic rings. The predicted octanol–water partition coefficient (Wildman–Crippen LogP) is 1.49. The molecule has 2 rings (SSSR count). The average molecular weight is 342 g/mol. The van der Waals surface area contributed by atoms with Gasteiger partial charge in [-0.2, -0.15) is 0 Å². The molecule has 1 aliphatic heterocycles. The van der Waals surface area contributed by atoms with Gasteiger partial charge in [0.25, 0.3) is 0 Å². The molecule has 1 fully saturated rings. The summed E-state index contributed by atoms with van der Waals surface area (Å²) < 4.78 is 10.9. The largest absolute Gasteiger partial charge is 0.481 e. The molecule has 0 unspecified atom stereocenters. The molecule has 8 heteroatoms. The lowest BCUT2D eigenvalue weighted by molar-refractivity contribution is -0.147. The van der Waals surface area contributed by atoms with Crippen molar-refractivity contribution in [3.05, 3.63) is 16.1 Å². The van der Waals surface area contributed by atoms with Crippen LogP contribution in [-0.4, -0.2) is 59.3 Å². The van der Waals surface area contributed by atoms with Gasteiger partial charge in [-0.3, -0.25) is 9.59 Å². The van der Waals surface area contributed by atoms with Crippen molar-refractivity contribution in [2.45, 2.75) is 38.9 Å². The van der Waals surface area contributed by atoms with E-state index in [1.54, 1.807) is 4.90 Å². The topological polar surface area (TPSA) is 89.0 Å². The monoisotopic (exact) mass is 342 g/mol. The first-order chi connectivity index (χ1) is 11.0. The number of carboxylic acid groups (broad SMARTS) is 1. The number of morpholine rings is 1. The summed E-state index contributed by atoms with van der Waals surface area (Å²) in [5.41, 5.74) is 0.725. The highest BCUT2D eigenvalue weighted by Crippen LogP contribution is 2.21. The van der Waals surface area contributed by atoms with Crippen LogP contribution in [0, 0.1) is 0 Å². The average Bonchev–Trinajstić information content (AvgIpc) is 2.95. The molecular formula is C15H22N2O5S. The first-order valence-electron chi connectivity index (χ1n) is 7.66. The maximum atomic E-state index is 12.4. The highest BCUT2D eigenvalue weighted by molar-refractivity contribution is 7.09. The van der Waals surface area contributed by atoms with Crippen LogP contribution in [0.5, 0.6) is 0 Å². The SMILES string of the molecule is CCO[C@H](C)c1nc(CC(=O)N2CCO[C@@H](CC(=O)O)C2)cs1. The molecule has 23 heavy (non-hydrogen) atoms. The van der Waals surface area contributed by atoms with E-state index >= 15 is 0 Å². The molecule has 7 nitrogen and oxygen atoms in total. The summed E-state index contributed by atoms with van der Waals surface area (Å²) in [6, 6.07) is 0. The summed E-state index contributed by atoms with van der Waals surface area (Å²) >= 11 is 1.49. The summed E-state index contributed by atoms with van der Waals surface area (Å²) in [7, 11) is 0. The number of rotatable bonds is 7. The van der Waals surface area contributed by atoms with Crippen molar-refractivity contribution in [1.82, 2.24) is 9.88 Å². The van der Waals surface area contributed by atoms with E-state index in [-0.39, 0.29) is 24.9 Å². The molecule has 2 heterocycles. The zero-order valence-electron chi connectivity index (χ0n) is 13.4. The molecule has 1 aromatic heterocycles. The lowest BCUT2D eigenvalue weighted by Crippen LogP contribution is -2.46. The Kier molecular flexibility index (Phi) is 6.49. The van der Waals surface area contributed by atoms with E-state index in [1.165, 1.54) is 11.3 Å². The molecule has 1 saturated heterocycles. The second kappa shape index (κ2) is 8.37. The summed E-state index contributed by atoms with van der Waals surface area (Å²) in [5, 5.41) is 11.6. The van der Waals surface area contributed by atoms with Crippen LogP contribution in [0.25, 0.3) is 0 Å². The zero-order valence-corrected chi connectivity index (χ0v) is 14.2. The van der Waals surface area contributed by atoms with E-state index in [2.05, 4.69) is 4.98 Å². The summed E-state index contributed by atoms with van der Waals surface area (Å²) in [4.78, 5) is 29.2. The quantitative estimate of drug-likeness (QED) is 0.807. The second-order valence-corrected chi connectivity index (χ2v) is 6.27. The Hall–Kier alpha value is -1.51. The highest BCUT2D eigenvalue weighted by Gasteiger charge is 2.26. The number of carbonyl (C=O) groups is 2. The van der Waals surface area contributed by atoms with Gasteiger partial charge in [0.2, 0.25) is 5.91 Å². The van der Waals surface area contributed by atoms with Gasteiger partial charge >= 0.3 is 5.97 Å². The number of nitrogens with zero attached hydrogens (tertiary/aromatic N) is 2. The molecule has 1 amide bonds. The normalized spacial score (nSPS) is 19.6. The maximum Gasteiger partial charge on any atom is 0.306 e. The van der Waals surface area contributed by atoms with Crippen molar-refractivity contribution < 1.29 is 24.2 Å². The van der Waals surface area contributed by atoms with Crippen molar-refractivity contribution in [1.29, 1.82) is 0 Å². The molecule has 0 bridgehead atoms. The van der Waals surface area contributed by atoms with E-state index < -0.39 is 12.1 Å². The number of thiazole rings is 1. The fourth-order valence-electron chi connectivity index (χ4n) is 2.44. The third-order valence-electron chi connectivity index (χ3n) is 3.56. The van der Waals surface area contributed by atoms with Crippen molar-refractivity contribution in [3.63, 3.8) is 0 Å². The smallest absolute Gasteiger partial charge is 0.306 e. The molecule has 0 saturated carbocycles. The van der Waals surface area contributed by atoms with E-state index in [0.717, 1.165) is 10.7 Å². The van der Waals surface area contributed by atoms with Gasteiger partial charge in [-0.1, -0.05) is 0 Å². The molecule has 0 aromatic carbocycles. The molecular weight excluding hydrogens is 320 g/mol. The van der Waals surface area contributed by atoms with Crippen LogP contribution >= 0.6 is 11.3 Å². The summed E-state index contributed by atoms with van der Waals surface area (Å²) in [6.07, 6.45) is -0.377. The number of aromatic nitrogens is 1. The van der Waals surface area contributed by atoms with Gasteiger partial charge in [0.15, 0.2) is 0 Å². The molecule has 0 radical (unpaired) electrons. The first kappa shape index (κ1) is 17.8. The van der Waals surface area contributed by atoms with Gasteiger partial charge in [0, 0.05) is 25.1 Å². The van der Waals surface area contributed by atoms with Crippen molar-refractivity contribution in [2.75, 3.05) is 26.3 Å². The van der Waals surface area contributed by atoms with E-state index in [0.29, 0.717) is 26.3 Å². The fourth-order valence-corrected chi connectivity index (χ4v) is 3.27. The minimum absolute atomic E-state index is 0.0513. The number of ether oxygens (including phenoxy) is 2. The van der Waals surface area contributed by atoms with Gasteiger partial charge in [-0.25, -0.2) is 4.98 Å². The van der Waals surface area contributed by atoms with Gasteiger partial charge in [0.05, 0.1) is 31.2 Å². The maximum absolute atomic E-state index is 12.4. The van der Waals surface area contributed by atoms with Crippen molar-refractivity contribution in [3.8, 4) is 0 Å². The first-order valence-corrected chi connectivity index (χ1v) is 8.54. The fraction of sp³-hybridized carbons (Fsp3) is 0.667. The van der Waals surface area contributed by atoms with Gasteiger partial charge in [0.1, 0.15) is 11.1 Å².